The van der Waals surface area contributed by atoms with Crippen molar-refractivity contribution in [2.24, 2.45) is 0 Å². The Labute approximate surface area is 114 Å². The molecule has 5 nitrogen and oxygen atoms in total. The second kappa shape index (κ2) is 5.38. The number of hydrogen-bond acceptors (Lipinski definition) is 5. The number of ether oxygens (including phenoxy) is 1. The number of fused-ring (bicyclic) bond motifs is 1. The van der Waals surface area contributed by atoms with Gasteiger partial charge in [-0.25, -0.2) is 9.97 Å². The molecule has 6 heteroatoms. The molecule has 1 N–H and O–H groups in total. The molecule has 0 unspecified atom stereocenters. The van der Waals surface area contributed by atoms with Gasteiger partial charge in [-0.3, -0.25) is 4.40 Å². The van der Waals surface area contributed by atoms with E-state index in [2.05, 4.69) is 15.3 Å². The largest absolute Gasteiger partial charge is 0.481 e. The van der Waals surface area contributed by atoms with E-state index in [9.17, 15) is 0 Å². The standard InChI is InChI=1S/C13H14N4OS/c1-18-12-3-2-10(7-15-12)6-14-8-11-9-17-4-5-19-13(17)16-11/h2-5,7,9,14H,6,8H2,1H3. The molecule has 0 atom stereocenters. The van der Waals surface area contributed by atoms with E-state index >= 15 is 0 Å². The summed E-state index contributed by atoms with van der Waals surface area (Å²) >= 11 is 1.64. The summed E-state index contributed by atoms with van der Waals surface area (Å²) in [5.74, 6) is 0.637. The number of rotatable bonds is 5. The Morgan fingerprint density at radius 2 is 2.32 bits per heavy atom. The molecule has 0 saturated carbocycles. The van der Waals surface area contributed by atoms with Gasteiger partial charge >= 0.3 is 0 Å². The Balaban J connectivity index is 1.56. The Kier molecular flexibility index (Phi) is 3.43. The number of hydrogen-bond donors (Lipinski definition) is 1. The third-order valence-electron chi connectivity index (χ3n) is 2.79. The maximum Gasteiger partial charge on any atom is 0.212 e. The molecule has 0 aliphatic rings. The van der Waals surface area contributed by atoms with E-state index in [1.165, 1.54) is 0 Å². The van der Waals surface area contributed by atoms with Gasteiger partial charge in [0.1, 0.15) is 0 Å². The minimum Gasteiger partial charge on any atom is -0.481 e. The highest BCUT2D eigenvalue weighted by atomic mass is 32.1. The first-order chi connectivity index (χ1) is 9.35. The Morgan fingerprint density at radius 3 is 3.05 bits per heavy atom. The molecule has 0 saturated heterocycles. The molecular formula is C13H14N4OS. The first kappa shape index (κ1) is 12.1. The summed E-state index contributed by atoms with van der Waals surface area (Å²) in [5, 5.41) is 5.38. The van der Waals surface area contributed by atoms with E-state index < -0.39 is 0 Å². The second-order valence-electron chi connectivity index (χ2n) is 4.14. The lowest BCUT2D eigenvalue weighted by molar-refractivity contribution is 0.397. The Hall–Kier alpha value is -1.92. The van der Waals surface area contributed by atoms with Gasteiger partial charge in [0.05, 0.1) is 12.8 Å². The molecule has 3 aromatic rings. The van der Waals surface area contributed by atoms with E-state index in [-0.39, 0.29) is 0 Å². The van der Waals surface area contributed by atoms with Gasteiger partial charge in [0.2, 0.25) is 5.88 Å². The van der Waals surface area contributed by atoms with Gasteiger partial charge in [-0.1, -0.05) is 6.07 Å². The molecule has 0 aromatic carbocycles. The van der Waals surface area contributed by atoms with Crippen LogP contribution >= 0.6 is 11.3 Å². The van der Waals surface area contributed by atoms with E-state index in [4.69, 9.17) is 4.74 Å². The molecule has 0 radical (unpaired) electrons. The lowest BCUT2D eigenvalue weighted by Gasteiger charge is -2.03. The number of pyridine rings is 1. The molecule has 0 aliphatic carbocycles. The molecule has 0 fully saturated rings. The molecule has 98 valence electrons. The van der Waals surface area contributed by atoms with Crippen LogP contribution in [0.2, 0.25) is 0 Å². The first-order valence-corrected chi connectivity index (χ1v) is 6.84. The van der Waals surface area contributed by atoms with Crippen LogP contribution in [0, 0.1) is 0 Å². The van der Waals surface area contributed by atoms with E-state index in [1.54, 1.807) is 18.4 Å². The number of methoxy groups -OCH3 is 1. The topological polar surface area (TPSA) is 51.5 Å². The summed E-state index contributed by atoms with van der Waals surface area (Å²) < 4.78 is 7.06. The molecule has 0 spiro atoms. The van der Waals surface area contributed by atoms with Gasteiger partial charge in [-0.2, -0.15) is 0 Å². The normalized spacial score (nSPS) is 11.0. The summed E-state index contributed by atoms with van der Waals surface area (Å²) in [7, 11) is 1.62. The molecule has 3 heterocycles. The van der Waals surface area contributed by atoms with Crippen LogP contribution < -0.4 is 10.1 Å². The highest BCUT2D eigenvalue weighted by Gasteiger charge is 2.02. The van der Waals surface area contributed by atoms with Crippen molar-refractivity contribution in [2.45, 2.75) is 13.1 Å². The van der Waals surface area contributed by atoms with Crippen molar-refractivity contribution >= 4 is 16.3 Å². The van der Waals surface area contributed by atoms with Gasteiger partial charge in [0, 0.05) is 43.1 Å². The second-order valence-corrected chi connectivity index (χ2v) is 5.01. The minimum absolute atomic E-state index is 0.637. The van der Waals surface area contributed by atoms with Gasteiger partial charge in [0.25, 0.3) is 0 Å². The van der Waals surface area contributed by atoms with Crippen molar-refractivity contribution in [3.05, 3.63) is 47.4 Å². The van der Waals surface area contributed by atoms with Crippen LogP contribution in [0.15, 0.2) is 36.1 Å². The molecular weight excluding hydrogens is 260 g/mol. The molecule has 0 amide bonds. The average molecular weight is 274 g/mol. The average Bonchev–Trinajstić information content (AvgIpc) is 3.00. The molecule has 0 bridgehead atoms. The lowest BCUT2D eigenvalue weighted by Crippen LogP contribution is -2.13. The number of nitrogens with one attached hydrogen (secondary N) is 1. The number of imidazole rings is 1. The van der Waals surface area contributed by atoms with E-state index in [0.29, 0.717) is 5.88 Å². The van der Waals surface area contributed by atoms with Gasteiger partial charge in [-0.05, 0) is 5.56 Å². The SMILES string of the molecule is COc1ccc(CNCc2cn3ccsc3n2)cn1. The predicted molar refractivity (Wildman–Crippen MR) is 74.4 cm³/mol. The monoisotopic (exact) mass is 274 g/mol. The number of thiazole rings is 1. The van der Waals surface area contributed by atoms with Crippen LogP contribution in [-0.2, 0) is 13.1 Å². The molecule has 3 rings (SSSR count). The van der Waals surface area contributed by atoms with Crippen LogP contribution in [0.1, 0.15) is 11.3 Å². The third kappa shape index (κ3) is 2.74. The van der Waals surface area contributed by atoms with Crippen LogP contribution in [0.5, 0.6) is 5.88 Å². The fourth-order valence-corrected chi connectivity index (χ4v) is 2.55. The quantitative estimate of drug-likeness (QED) is 0.774. The maximum atomic E-state index is 5.02. The van der Waals surface area contributed by atoms with Gasteiger partial charge in [-0.15, -0.1) is 11.3 Å². The fraction of sp³-hybridized carbons (Fsp3) is 0.231. The first-order valence-electron chi connectivity index (χ1n) is 5.96. The van der Waals surface area contributed by atoms with E-state index in [0.717, 1.165) is 29.3 Å². The summed E-state index contributed by atoms with van der Waals surface area (Å²) in [6.07, 6.45) is 5.88. The van der Waals surface area contributed by atoms with Crippen LogP contribution in [0.3, 0.4) is 0 Å². The number of aromatic nitrogens is 3. The zero-order valence-electron chi connectivity index (χ0n) is 10.5. The molecule has 0 aliphatic heterocycles. The smallest absolute Gasteiger partial charge is 0.212 e. The van der Waals surface area contributed by atoms with Crippen LogP contribution in [0.25, 0.3) is 4.96 Å². The molecule has 3 aromatic heterocycles. The van der Waals surface area contributed by atoms with Crippen molar-refractivity contribution in [3.63, 3.8) is 0 Å². The highest BCUT2D eigenvalue weighted by Crippen LogP contribution is 2.11. The fourth-order valence-electron chi connectivity index (χ4n) is 1.83. The summed E-state index contributed by atoms with van der Waals surface area (Å²) in [4.78, 5) is 9.71. The van der Waals surface area contributed by atoms with Gasteiger partial charge < -0.3 is 10.1 Å². The van der Waals surface area contributed by atoms with Gasteiger partial charge in [0.15, 0.2) is 4.96 Å². The van der Waals surface area contributed by atoms with Crippen LogP contribution in [-0.4, -0.2) is 21.5 Å². The van der Waals surface area contributed by atoms with E-state index in [1.807, 2.05) is 40.5 Å². The molecule has 19 heavy (non-hydrogen) atoms. The predicted octanol–water partition coefficient (Wildman–Crippen LogP) is 2.09. The Bertz CT molecular complexity index is 630. The van der Waals surface area contributed by atoms with Crippen LogP contribution in [0.4, 0.5) is 0 Å². The van der Waals surface area contributed by atoms with Crippen molar-refractivity contribution in [1.82, 2.24) is 19.7 Å². The summed E-state index contributed by atoms with van der Waals surface area (Å²) in [5.41, 5.74) is 2.18. The van der Waals surface area contributed by atoms with Crippen molar-refractivity contribution in [1.29, 1.82) is 0 Å². The van der Waals surface area contributed by atoms with Crippen molar-refractivity contribution < 1.29 is 4.74 Å². The summed E-state index contributed by atoms with van der Waals surface area (Å²) in [6, 6.07) is 3.87. The zero-order valence-corrected chi connectivity index (χ0v) is 11.4. The van der Waals surface area contributed by atoms with Crippen molar-refractivity contribution in [2.75, 3.05) is 7.11 Å². The lowest BCUT2D eigenvalue weighted by atomic mass is 10.3. The Morgan fingerprint density at radius 1 is 1.37 bits per heavy atom. The summed E-state index contributed by atoms with van der Waals surface area (Å²) in [6.45, 7) is 1.52. The number of nitrogens with zero attached hydrogens (tertiary/aromatic N) is 3. The maximum absolute atomic E-state index is 5.02. The highest BCUT2D eigenvalue weighted by molar-refractivity contribution is 7.15. The third-order valence-corrected chi connectivity index (χ3v) is 3.56. The minimum atomic E-state index is 0.637. The van der Waals surface area contributed by atoms with Crippen molar-refractivity contribution in [3.8, 4) is 5.88 Å². The zero-order chi connectivity index (χ0) is 13.1.